The van der Waals surface area contributed by atoms with Crippen molar-refractivity contribution in [1.29, 1.82) is 0 Å². The van der Waals surface area contributed by atoms with Gasteiger partial charge < -0.3 is 19.4 Å². The lowest BCUT2D eigenvalue weighted by atomic mass is 10.3. The molecule has 1 heterocycles. The molecule has 1 atom stereocenters. The van der Waals surface area contributed by atoms with Gasteiger partial charge in [0.05, 0.1) is 12.4 Å². The third-order valence-corrected chi connectivity index (χ3v) is 5.83. The number of benzene rings is 2. The third-order valence-electron chi connectivity index (χ3n) is 4.33. The number of halogens is 1. The Balaban J connectivity index is 1.58. The molecule has 0 aliphatic carbocycles. The van der Waals surface area contributed by atoms with Gasteiger partial charge in [0.1, 0.15) is 11.5 Å². The van der Waals surface area contributed by atoms with E-state index in [-0.39, 0.29) is 17.8 Å². The lowest BCUT2D eigenvalue weighted by Gasteiger charge is -2.15. The molecule has 0 bridgehead atoms. The number of rotatable bonds is 10. The van der Waals surface area contributed by atoms with Crippen LogP contribution in [0.15, 0.2) is 58.2 Å². The summed E-state index contributed by atoms with van der Waals surface area (Å²) in [4.78, 5) is 12.4. The number of aromatic nitrogens is 3. The minimum Gasteiger partial charge on any atom is -0.494 e. The van der Waals surface area contributed by atoms with E-state index < -0.39 is 0 Å². The molecular weight excluding hydrogens is 480 g/mol. The van der Waals surface area contributed by atoms with Crippen molar-refractivity contribution in [1.82, 2.24) is 14.8 Å². The summed E-state index contributed by atoms with van der Waals surface area (Å²) < 4.78 is 14.4. The number of ether oxygens (including phenoxy) is 2. The van der Waals surface area contributed by atoms with Crippen molar-refractivity contribution < 1.29 is 14.3 Å². The molecule has 1 unspecified atom stereocenters. The molecule has 3 rings (SSSR count). The van der Waals surface area contributed by atoms with E-state index in [9.17, 15) is 4.79 Å². The summed E-state index contributed by atoms with van der Waals surface area (Å²) in [7, 11) is 0. The summed E-state index contributed by atoms with van der Waals surface area (Å²) in [6, 6.07) is 15.0. The number of carbonyl (C=O) groups excluding carboxylic acids is 1. The van der Waals surface area contributed by atoms with E-state index in [1.807, 2.05) is 73.9 Å². The summed E-state index contributed by atoms with van der Waals surface area (Å²) in [6.45, 7) is 7.17. The second-order valence-corrected chi connectivity index (χ2v) is 8.45. The van der Waals surface area contributed by atoms with E-state index in [2.05, 4.69) is 31.4 Å². The zero-order chi connectivity index (χ0) is 22.2. The fraction of sp³-hybridized carbons (Fsp3) is 0.318. The molecule has 1 N–H and O–H groups in total. The van der Waals surface area contributed by atoms with Gasteiger partial charge in [-0.3, -0.25) is 4.79 Å². The van der Waals surface area contributed by atoms with E-state index in [1.165, 1.54) is 11.8 Å². The van der Waals surface area contributed by atoms with Gasteiger partial charge in [0.15, 0.2) is 17.1 Å². The first-order valence-electron chi connectivity index (χ1n) is 10.0. The minimum atomic E-state index is -0.277. The number of nitrogens with zero attached hydrogens (tertiary/aromatic N) is 3. The van der Waals surface area contributed by atoms with Crippen molar-refractivity contribution in [3.63, 3.8) is 0 Å². The maximum absolute atomic E-state index is 12.4. The summed E-state index contributed by atoms with van der Waals surface area (Å²) in [5.74, 6) is 2.37. The number of hydrogen-bond acceptors (Lipinski definition) is 6. The molecule has 31 heavy (non-hydrogen) atoms. The zero-order valence-corrected chi connectivity index (χ0v) is 20.1. The van der Waals surface area contributed by atoms with Crippen LogP contribution in [0.5, 0.6) is 11.5 Å². The average Bonchev–Trinajstić information content (AvgIpc) is 3.18. The highest BCUT2D eigenvalue weighted by molar-refractivity contribution is 9.10. The van der Waals surface area contributed by atoms with Crippen molar-refractivity contribution in [3.05, 3.63) is 58.8 Å². The Morgan fingerprint density at radius 3 is 2.42 bits per heavy atom. The minimum absolute atomic E-state index is 0.111. The molecule has 0 saturated carbocycles. The highest BCUT2D eigenvalue weighted by Crippen LogP contribution is 2.26. The van der Waals surface area contributed by atoms with Crippen molar-refractivity contribution in [3.8, 4) is 11.5 Å². The first-order valence-corrected chi connectivity index (χ1v) is 11.8. The fourth-order valence-corrected chi connectivity index (χ4v) is 3.98. The number of hydrogen-bond donors (Lipinski definition) is 1. The molecule has 9 heteroatoms. The van der Waals surface area contributed by atoms with Gasteiger partial charge >= 0.3 is 0 Å². The SMILES string of the molecule is CCOc1ccc(NC(=O)CSc2nnc(C(C)Oc3ccc(Br)cc3)n2CC)cc1. The summed E-state index contributed by atoms with van der Waals surface area (Å²) >= 11 is 4.77. The van der Waals surface area contributed by atoms with Crippen LogP contribution in [0, 0.1) is 0 Å². The highest BCUT2D eigenvalue weighted by atomic mass is 79.9. The molecule has 0 fully saturated rings. The quantitative estimate of drug-likeness (QED) is 0.376. The lowest BCUT2D eigenvalue weighted by molar-refractivity contribution is -0.113. The maximum atomic E-state index is 12.4. The topological polar surface area (TPSA) is 78.3 Å². The molecule has 1 amide bonds. The van der Waals surface area contributed by atoms with Crippen LogP contribution < -0.4 is 14.8 Å². The van der Waals surface area contributed by atoms with Gasteiger partial charge in [0, 0.05) is 16.7 Å². The molecule has 0 radical (unpaired) electrons. The van der Waals surface area contributed by atoms with E-state index >= 15 is 0 Å². The van der Waals surface area contributed by atoms with Crippen LogP contribution in [0.2, 0.25) is 0 Å². The third kappa shape index (κ3) is 6.48. The molecule has 0 aliphatic heterocycles. The van der Waals surface area contributed by atoms with Crippen LogP contribution in [-0.2, 0) is 11.3 Å². The van der Waals surface area contributed by atoms with E-state index in [4.69, 9.17) is 9.47 Å². The van der Waals surface area contributed by atoms with Crippen LogP contribution in [-0.4, -0.2) is 33.0 Å². The van der Waals surface area contributed by atoms with Crippen molar-refractivity contribution >= 4 is 39.3 Å². The first-order chi connectivity index (χ1) is 15.0. The Labute approximate surface area is 194 Å². The molecular formula is C22H25BrN4O3S. The predicted molar refractivity (Wildman–Crippen MR) is 126 cm³/mol. The molecule has 0 spiro atoms. The Morgan fingerprint density at radius 2 is 1.77 bits per heavy atom. The molecule has 0 saturated heterocycles. The lowest BCUT2D eigenvalue weighted by Crippen LogP contribution is -2.15. The van der Waals surface area contributed by atoms with Gasteiger partial charge in [-0.25, -0.2) is 0 Å². The van der Waals surface area contributed by atoms with Crippen LogP contribution in [0.3, 0.4) is 0 Å². The molecule has 164 valence electrons. The Hall–Kier alpha value is -2.52. The standard InChI is InChI=1S/C22H25BrN4O3S/c1-4-27-21(15(3)30-19-10-6-16(23)7-11-19)25-26-22(27)31-14-20(28)24-17-8-12-18(13-9-17)29-5-2/h6-13,15H,4-5,14H2,1-3H3,(H,24,28). The number of carbonyl (C=O) groups is 1. The number of nitrogens with one attached hydrogen (secondary N) is 1. The van der Waals surface area contributed by atoms with Crippen LogP contribution >= 0.6 is 27.7 Å². The average molecular weight is 505 g/mol. The van der Waals surface area contributed by atoms with Crippen molar-refractivity contribution in [2.45, 2.75) is 38.6 Å². The Kier molecular flexibility index (Phi) is 8.36. The monoisotopic (exact) mass is 504 g/mol. The van der Waals surface area contributed by atoms with Crippen LogP contribution in [0.1, 0.15) is 32.7 Å². The Bertz CT molecular complexity index is 993. The largest absolute Gasteiger partial charge is 0.494 e. The number of amides is 1. The normalized spacial score (nSPS) is 11.7. The highest BCUT2D eigenvalue weighted by Gasteiger charge is 2.19. The van der Waals surface area contributed by atoms with E-state index in [0.29, 0.717) is 18.3 Å². The van der Waals surface area contributed by atoms with Crippen LogP contribution in [0.4, 0.5) is 5.69 Å². The summed E-state index contributed by atoms with van der Waals surface area (Å²) in [5, 5.41) is 12.1. The second-order valence-electron chi connectivity index (χ2n) is 6.59. The van der Waals surface area contributed by atoms with Gasteiger partial charge in [-0.1, -0.05) is 27.7 Å². The summed E-state index contributed by atoms with van der Waals surface area (Å²) in [6.07, 6.45) is -0.277. The summed E-state index contributed by atoms with van der Waals surface area (Å²) in [5.41, 5.74) is 0.725. The molecule has 2 aromatic carbocycles. The van der Waals surface area contributed by atoms with Crippen molar-refractivity contribution in [2.75, 3.05) is 17.7 Å². The maximum Gasteiger partial charge on any atom is 0.234 e. The van der Waals surface area contributed by atoms with Gasteiger partial charge in [-0.05, 0) is 69.3 Å². The van der Waals surface area contributed by atoms with Gasteiger partial charge in [0.2, 0.25) is 5.91 Å². The van der Waals surface area contributed by atoms with E-state index in [0.717, 1.165) is 27.5 Å². The van der Waals surface area contributed by atoms with Gasteiger partial charge in [-0.2, -0.15) is 0 Å². The van der Waals surface area contributed by atoms with Crippen LogP contribution in [0.25, 0.3) is 0 Å². The number of anilines is 1. The fourth-order valence-electron chi connectivity index (χ4n) is 2.90. The molecule has 1 aromatic heterocycles. The second kappa shape index (κ2) is 11.2. The molecule has 7 nitrogen and oxygen atoms in total. The van der Waals surface area contributed by atoms with Gasteiger partial charge in [-0.15, -0.1) is 10.2 Å². The van der Waals surface area contributed by atoms with Crippen molar-refractivity contribution in [2.24, 2.45) is 0 Å². The predicted octanol–water partition coefficient (Wildman–Crippen LogP) is 5.33. The van der Waals surface area contributed by atoms with Gasteiger partial charge in [0.25, 0.3) is 0 Å². The molecule has 3 aromatic rings. The van der Waals surface area contributed by atoms with E-state index in [1.54, 1.807) is 0 Å². The number of thioether (sulfide) groups is 1. The zero-order valence-electron chi connectivity index (χ0n) is 17.7. The first kappa shape index (κ1) is 23.1. The molecule has 0 aliphatic rings. The smallest absolute Gasteiger partial charge is 0.234 e. The Morgan fingerprint density at radius 1 is 1.10 bits per heavy atom.